The van der Waals surface area contributed by atoms with Crippen molar-refractivity contribution in [1.82, 2.24) is 10.2 Å². The Hall–Kier alpha value is -3.90. The van der Waals surface area contributed by atoms with Crippen LogP contribution in [0.25, 0.3) is 0 Å². The first kappa shape index (κ1) is 30.6. The first-order chi connectivity index (χ1) is 19.1. The maximum absolute atomic E-state index is 13.4. The van der Waals surface area contributed by atoms with E-state index in [9.17, 15) is 22.8 Å². The summed E-state index contributed by atoms with van der Waals surface area (Å²) in [6.07, 6.45) is -0.285. The smallest absolute Gasteiger partial charge is 0.259 e. The van der Waals surface area contributed by atoms with E-state index in [1.54, 1.807) is 67.6 Å². The van der Waals surface area contributed by atoms with E-state index in [-0.39, 0.29) is 25.9 Å². The van der Waals surface area contributed by atoms with E-state index >= 15 is 0 Å². The van der Waals surface area contributed by atoms with Crippen molar-refractivity contribution < 1.29 is 33.7 Å². The van der Waals surface area contributed by atoms with E-state index in [2.05, 4.69) is 5.32 Å². The minimum Gasteiger partial charge on any atom is -0.417 e. The van der Waals surface area contributed by atoms with Gasteiger partial charge >= 0.3 is 0 Å². The molecular formula is C28H36N4O7S. The number of sulfone groups is 1. The number of ketones is 1. The van der Waals surface area contributed by atoms with Gasteiger partial charge in [-0.1, -0.05) is 55.5 Å². The highest BCUT2D eigenvalue weighted by atomic mass is 32.2. The Labute approximate surface area is 235 Å². The molecule has 2 amide bonds. The SMILES string of the molecule is CC[C@H](NC(=O)C(CC(=O)N1CCOCC1)CS(=O)(=O)Cc1ccccc1)C(=O)C(=N)OC(=N)c1ccccc1.[HH]. The van der Waals surface area contributed by atoms with Gasteiger partial charge in [-0.25, -0.2) is 8.42 Å². The van der Waals surface area contributed by atoms with E-state index < -0.39 is 51.0 Å². The first-order valence-electron chi connectivity index (χ1n) is 12.9. The third-order valence-corrected chi connectivity index (χ3v) is 8.03. The van der Waals surface area contributed by atoms with Gasteiger partial charge in [0, 0.05) is 26.5 Å². The van der Waals surface area contributed by atoms with Crippen LogP contribution in [0.15, 0.2) is 60.7 Å². The van der Waals surface area contributed by atoms with Crippen LogP contribution in [0.3, 0.4) is 0 Å². The summed E-state index contributed by atoms with van der Waals surface area (Å²) in [4.78, 5) is 40.8. The molecule has 2 atom stereocenters. The topological polar surface area (TPSA) is 167 Å². The summed E-state index contributed by atoms with van der Waals surface area (Å²) >= 11 is 0. The van der Waals surface area contributed by atoms with Crippen LogP contribution in [-0.4, -0.2) is 80.8 Å². The Bertz CT molecular complexity index is 1320. The van der Waals surface area contributed by atoms with Crippen LogP contribution in [0.1, 0.15) is 32.3 Å². The fraction of sp³-hybridized carbons (Fsp3) is 0.393. The molecule has 1 unspecified atom stereocenters. The lowest BCUT2D eigenvalue weighted by atomic mass is 10.0. The van der Waals surface area contributed by atoms with Crippen molar-refractivity contribution in [3.8, 4) is 0 Å². The number of amides is 2. The fourth-order valence-corrected chi connectivity index (χ4v) is 5.88. The number of carbonyl (C=O) groups is 3. The molecule has 0 spiro atoms. The van der Waals surface area contributed by atoms with Crippen LogP contribution in [0.2, 0.25) is 0 Å². The fourth-order valence-electron chi connectivity index (χ4n) is 4.18. The first-order valence-corrected chi connectivity index (χ1v) is 14.8. The molecule has 3 rings (SSSR count). The van der Waals surface area contributed by atoms with Gasteiger partial charge in [-0.3, -0.25) is 25.2 Å². The monoisotopic (exact) mass is 572 g/mol. The number of hydrogen-bond acceptors (Lipinski definition) is 9. The molecule has 216 valence electrons. The molecule has 0 radical (unpaired) electrons. The van der Waals surface area contributed by atoms with Crippen molar-refractivity contribution in [2.45, 2.75) is 31.6 Å². The number of carbonyl (C=O) groups excluding carboxylic acids is 3. The number of nitrogens with zero attached hydrogens (tertiary/aromatic N) is 1. The van der Waals surface area contributed by atoms with Gasteiger partial charge in [-0.05, 0) is 24.1 Å². The maximum Gasteiger partial charge on any atom is 0.259 e. The van der Waals surface area contributed by atoms with Gasteiger partial charge < -0.3 is 19.7 Å². The van der Waals surface area contributed by atoms with E-state index in [0.29, 0.717) is 37.4 Å². The lowest BCUT2D eigenvalue weighted by Crippen LogP contribution is -2.49. The molecule has 0 aliphatic carbocycles. The van der Waals surface area contributed by atoms with Gasteiger partial charge in [0.1, 0.15) is 0 Å². The predicted octanol–water partition coefficient (Wildman–Crippen LogP) is 2.20. The van der Waals surface area contributed by atoms with Gasteiger partial charge in [-0.2, -0.15) is 0 Å². The Kier molecular flexibility index (Phi) is 11.1. The van der Waals surface area contributed by atoms with Gasteiger partial charge in [0.05, 0.1) is 36.7 Å². The highest BCUT2D eigenvalue weighted by Crippen LogP contribution is 2.16. The second-order valence-corrected chi connectivity index (χ2v) is 11.5. The van der Waals surface area contributed by atoms with Gasteiger partial charge in [0.25, 0.3) is 5.90 Å². The van der Waals surface area contributed by atoms with Gasteiger partial charge in [-0.15, -0.1) is 0 Å². The zero-order valence-corrected chi connectivity index (χ0v) is 23.1. The maximum atomic E-state index is 13.4. The number of nitrogens with one attached hydrogen (secondary N) is 3. The van der Waals surface area contributed by atoms with E-state index in [1.807, 2.05) is 0 Å². The number of hydrogen-bond donors (Lipinski definition) is 3. The molecule has 1 aliphatic heterocycles. The third kappa shape index (κ3) is 9.09. The molecule has 1 saturated heterocycles. The Morgan fingerprint density at radius 2 is 1.62 bits per heavy atom. The molecule has 0 saturated carbocycles. The number of Topliss-reactive ketones (excluding diaryl/α,β-unsaturated/α-hetero) is 1. The third-order valence-electron chi connectivity index (χ3n) is 6.35. The Morgan fingerprint density at radius 3 is 2.23 bits per heavy atom. The van der Waals surface area contributed by atoms with Crippen molar-refractivity contribution >= 4 is 39.2 Å². The second-order valence-electron chi connectivity index (χ2n) is 9.39. The standard InChI is InChI=1S/C28H34N4O7S.H2/c1-2-23(25(34)27(30)39-26(29)21-11-7-4-8-12-21)31-28(35)22(17-24(33)32-13-15-38-16-14-32)19-40(36,37)18-20-9-5-3-6-10-20;/h3-12,22-23,29-30H,2,13-19H2,1H3,(H,31,35);1H/t22?,23-;/m0./s1. The van der Waals surface area contributed by atoms with Crippen molar-refractivity contribution in [3.63, 3.8) is 0 Å². The summed E-state index contributed by atoms with van der Waals surface area (Å²) in [6.45, 7) is 2.98. The molecule has 2 aromatic rings. The molecule has 1 fully saturated rings. The average Bonchev–Trinajstić information content (AvgIpc) is 2.96. The number of morpholine rings is 1. The highest BCUT2D eigenvalue weighted by Gasteiger charge is 2.33. The number of benzene rings is 2. The zero-order valence-electron chi connectivity index (χ0n) is 22.3. The second kappa shape index (κ2) is 14.5. The van der Waals surface area contributed by atoms with Crippen molar-refractivity contribution in [2.75, 3.05) is 32.1 Å². The predicted molar refractivity (Wildman–Crippen MR) is 151 cm³/mol. The molecule has 3 N–H and O–H groups in total. The normalized spacial score (nSPS) is 15.0. The van der Waals surface area contributed by atoms with Crippen LogP contribution >= 0.6 is 0 Å². The van der Waals surface area contributed by atoms with Gasteiger partial charge in [0.2, 0.25) is 23.5 Å². The van der Waals surface area contributed by atoms with E-state index in [0.717, 1.165) is 0 Å². The molecule has 11 nitrogen and oxygen atoms in total. The summed E-state index contributed by atoms with van der Waals surface area (Å²) < 4.78 is 36.5. The zero-order chi connectivity index (χ0) is 29.1. The summed E-state index contributed by atoms with van der Waals surface area (Å²) in [7, 11) is -3.82. The summed E-state index contributed by atoms with van der Waals surface area (Å²) in [5, 5.41) is 18.6. The summed E-state index contributed by atoms with van der Waals surface area (Å²) in [5.74, 6) is -5.44. The molecule has 2 aromatic carbocycles. The van der Waals surface area contributed by atoms with Crippen molar-refractivity contribution in [2.24, 2.45) is 5.92 Å². The van der Waals surface area contributed by atoms with Crippen LogP contribution in [0, 0.1) is 16.7 Å². The van der Waals surface area contributed by atoms with Crippen molar-refractivity contribution in [3.05, 3.63) is 71.8 Å². The molecule has 1 heterocycles. The van der Waals surface area contributed by atoms with E-state index in [4.69, 9.17) is 20.3 Å². The quantitative estimate of drug-likeness (QED) is 0.259. The van der Waals surface area contributed by atoms with Crippen LogP contribution in [0.4, 0.5) is 0 Å². The Balaban J connectivity index is 0.00000588. The minimum atomic E-state index is -3.82. The van der Waals surface area contributed by atoms with Crippen LogP contribution in [-0.2, 0) is 39.4 Å². The lowest BCUT2D eigenvalue weighted by molar-refractivity contribution is -0.139. The number of rotatable bonds is 12. The largest absolute Gasteiger partial charge is 0.417 e. The summed E-state index contributed by atoms with van der Waals surface area (Å²) in [6, 6.07) is 15.6. The summed E-state index contributed by atoms with van der Waals surface area (Å²) in [5.41, 5.74) is 0.914. The van der Waals surface area contributed by atoms with Gasteiger partial charge in [0.15, 0.2) is 9.84 Å². The molecule has 1 aliphatic rings. The molecule has 0 aromatic heterocycles. The lowest BCUT2D eigenvalue weighted by Gasteiger charge is -2.28. The Morgan fingerprint density at radius 1 is 1.02 bits per heavy atom. The van der Waals surface area contributed by atoms with Crippen molar-refractivity contribution in [1.29, 1.82) is 10.8 Å². The minimum absolute atomic E-state index is 0. The van der Waals surface area contributed by atoms with Crippen LogP contribution in [0.5, 0.6) is 0 Å². The number of ether oxygens (including phenoxy) is 2. The average molecular weight is 573 g/mol. The molecule has 0 bridgehead atoms. The van der Waals surface area contributed by atoms with Crippen LogP contribution < -0.4 is 5.32 Å². The highest BCUT2D eigenvalue weighted by molar-refractivity contribution is 7.90. The molecule has 40 heavy (non-hydrogen) atoms. The van der Waals surface area contributed by atoms with E-state index in [1.165, 1.54) is 4.90 Å². The molecule has 12 heteroatoms. The molecular weight excluding hydrogens is 536 g/mol.